The maximum Gasteiger partial charge on any atom is 0.232 e. The standard InChI is InChI=1S/C21H25NO3S/c1-4-9-22(10-5-2)13-16-17(23)7-6-15-20(24)18(25-21(15)16)12-19-14(3)8-11-26-19/h6-8,11-12,23H,4-5,9-10,13H2,1-3H3. The summed E-state index contributed by atoms with van der Waals surface area (Å²) in [7, 11) is 0. The van der Waals surface area contributed by atoms with Gasteiger partial charge < -0.3 is 14.7 Å². The maximum absolute atomic E-state index is 12.7. The number of benzene rings is 1. The van der Waals surface area contributed by atoms with Crippen molar-refractivity contribution in [3.05, 3.63) is 50.9 Å². The van der Waals surface area contributed by atoms with Crippen LogP contribution in [0.15, 0.2) is 29.3 Å². The summed E-state index contributed by atoms with van der Waals surface area (Å²) in [4.78, 5) is 15.1. The van der Waals surface area contributed by atoms with Crippen molar-refractivity contribution in [2.45, 2.75) is 40.2 Å². The second kappa shape index (κ2) is 8.06. The van der Waals surface area contributed by atoms with Gasteiger partial charge in [0.05, 0.1) is 18.7 Å². The van der Waals surface area contributed by atoms with Crippen LogP contribution < -0.4 is 14.7 Å². The van der Waals surface area contributed by atoms with E-state index in [0.29, 0.717) is 29.2 Å². The fourth-order valence-electron chi connectivity index (χ4n) is 3.37. The van der Waals surface area contributed by atoms with Gasteiger partial charge in [0.1, 0.15) is 12.3 Å². The van der Waals surface area contributed by atoms with Gasteiger partial charge in [0.25, 0.3) is 0 Å². The lowest BCUT2D eigenvalue weighted by atomic mass is 10.0. The molecule has 0 fully saturated rings. The van der Waals surface area contributed by atoms with Crippen molar-refractivity contribution in [3.63, 3.8) is 0 Å². The van der Waals surface area contributed by atoms with E-state index in [1.54, 1.807) is 23.5 Å². The van der Waals surface area contributed by atoms with Gasteiger partial charge in [-0.25, -0.2) is 0 Å². The Balaban J connectivity index is 1.94. The number of hydrogen-bond acceptors (Lipinski definition) is 4. The number of ketones is 1. The van der Waals surface area contributed by atoms with Crippen LogP contribution in [0.5, 0.6) is 11.5 Å². The lowest BCUT2D eigenvalue weighted by Gasteiger charge is -2.23. The van der Waals surface area contributed by atoms with Crippen LogP contribution >= 0.6 is 11.3 Å². The monoisotopic (exact) mass is 371 g/mol. The number of Topliss-reactive ketones (excluding diaryl/α,β-unsaturated/α-hetero) is 1. The molecule has 1 aromatic carbocycles. The first kappa shape index (κ1) is 18.7. The van der Waals surface area contributed by atoms with Crippen LogP contribution in [0.3, 0.4) is 0 Å². The van der Waals surface area contributed by atoms with E-state index in [9.17, 15) is 9.90 Å². The quantitative estimate of drug-likeness (QED) is 0.762. The third-order valence-electron chi connectivity index (χ3n) is 4.70. The number of ether oxygens (including phenoxy) is 1. The Labute approximate surface area is 158 Å². The number of nitrogens with one attached hydrogen (secondary N) is 1. The van der Waals surface area contributed by atoms with Gasteiger partial charge in [-0.15, -0.1) is 11.3 Å². The minimum Gasteiger partial charge on any atom is -0.872 e. The first-order chi connectivity index (χ1) is 12.5. The topological polar surface area (TPSA) is 53.8 Å². The third-order valence-corrected chi connectivity index (χ3v) is 5.66. The van der Waals surface area contributed by atoms with Crippen LogP contribution in [0.1, 0.15) is 53.1 Å². The first-order valence-electron chi connectivity index (χ1n) is 9.19. The fraction of sp³-hybridized carbons (Fsp3) is 0.381. The Morgan fingerprint density at radius 1 is 1.19 bits per heavy atom. The highest BCUT2D eigenvalue weighted by Gasteiger charge is 2.31. The minimum atomic E-state index is -0.137. The Morgan fingerprint density at radius 3 is 2.54 bits per heavy atom. The molecule has 5 heteroatoms. The minimum absolute atomic E-state index is 0.0465. The second-order valence-electron chi connectivity index (χ2n) is 6.75. The molecule has 3 rings (SSSR count). The zero-order valence-electron chi connectivity index (χ0n) is 15.6. The highest BCUT2D eigenvalue weighted by Crippen LogP contribution is 2.38. The van der Waals surface area contributed by atoms with E-state index >= 15 is 0 Å². The molecular weight excluding hydrogens is 346 g/mol. The maximum atomic E-state index is 12.7. The number of aryl methyl sites for hydroxylation is 1. The Morgan fingerprint density at radius 2 is 1.92 bits per heavy atom. The summed E-state index contributed by atoms with van der Waals surface area (Å²) in [6.45, 7) is 8.90. The van der Waals surface area contributed by atoms with Crippen LogP contribution in [0.2, 0.25) is 0 Å². The van der Waals surface area contributed by atoms with Crippen LogP contribution in [-0.2, 0) is 6.54 Å². The molecule has 1 aromatic heterocycles. The number of quaternary nitrogens is 1. The molecular formula is C21H25NO3S. The smallest absolute Gasteiger partial charge is 0.232 e. The van der Waals surface area contributed by atoms with E-state index in [4.69, 9.17) is 4.74 Å². The molecule has 4 nitrogen and oxygen atoms in total. The van der Waals surface area contributed by atoms with Gasteiger partial charge in [-0.3, -0.25) is 4.79 Å². The summed E-state index contributed by atoms with van der Waals surface area (Å²) in [5.41, 5.74) is 2.24. The molecule has 0 amide bonds. The summed E-state index contributed by atoms with van der Waals surface area (Å²) in [5, 5.41) is 14.5. The molecule has 0 spiro atoms. The molecule has 26 heavy (non-hydrogen) atoms. The number of allylic oxidation sites excluding steroid dienone is 1. The number of rotatable bonds is 7. The van der Waals surface area contributed by atoms with E-state index in [2.05, 4.69) is 13.8 Å². The van der Waals surface area contributed by atoms with Crippen molar-refractivity contribution in [2.24, 2.45) is 0 Å². The SMILES string of the molecule is CCC[NH+](CCC)Cc1c([O-])ccc2c1OC(=Cc1sccc1C)C2=O. The van der Waals surface area contributed by atoms with Crippen molar-refractivity contribution in [1.82, 2.24) is 0 Å². The average molecular weight is 372 g/mol. The molecule has 138 valence electrons. The molecule has 0 bridgehead atoms. The lowest BCUT2D eigenvalue weighted by Crippen LogP contribution is -3.10. The van der Waals surface area contributed by atoms with E-state index in [1.165, 1.54) is 11.0 Å². The van der Waals surface area contributed by atoms with Crippen LogP contribution in [0, 0.1) is 6.92 Å². The summed E-state index contributed by atoms with van der Waals surface area (Å²) in [6, 6.07) is 5.12. The van der Waals surface area contributed by atoms with E-state index in [0.717, 1.165) is 36.4 Å². The molecule has 1 N–H and O–H groups in total. The van der Waals surface area contributed by atoms with E-state index in [-0.39, 0.29) is 11.5 Å². The van der Waals surface area contributed by atoms with E-state index < -0.39 is 0 Å². The van der Waals surface area contributed by atoms with Crippen LogP contribution in [0.25, 0.3) is 6.08 Å². The van der Waals surface area contributed by atoms with Gasteiger partial charge in [0, 0.05) is 16.5 Å². The molecule has 2 aromatic rings. The van der Waals surface area contributed by atoms with Crippen LogP contribution in [0.4, 0.5) is 0 Å². The van der Waals surface area contributed by atoms with Gasteiger partial charge in [-0.1, -0.05) is 25.7 Å². The van der Waals surface area contributed by atoms with Gasteiger partial charge >= 0.3 is 0 Å². The van der Waals surface area contributed by atoms with E-state index in [1.807, 2.05) is 18.4 Å². The molecule has 0 atom stereocenters. The van der Waals surface area contributed by atoms with Crippen LogP contribution in [-0.4, -0.2) is 18.9 Å². The lowest BCUT2D eigenvalue weighted by molar-refractivity contribution is -0.914. The second-order valence-corrected chi connectivity index (χ2v) is 7.70. The molecule has 0 radical (unpaired) electrons. The number of carbonyl (C=O) groups excluding carboxylic acids is 1. The molecule has 0 saturated heterocycles. The van der Waals surface area contributed by atoms with Crippen molar-refractivity contribution >= 4 is 23.2 Å². The predicted molar refractivity (Wildman–Crippen MR) is 103 cm³/mol. The molecule has 0 unspecified atom stereocenters. The summed E-state index contributed by atoms with van der Waals surface area (Å²) < 4.78 is 5.92. The molecule has 1 aliphatic heterocycles. The number of thiophene rings is 1. The summed E-state index contributed by atoms with van der Waals surface area (Å²) in [5.74, 6) is 0.592. The Hall–Kier alpha value is -2.11. The number of hydrogen-bond donors (Lipinski definition) is 1. The van der Waals surface area contributed by atoms with Crippen molar-refractivity contribution in [1.29, 1.82) is 0 Å². The average Bonchev–Trinajstić information content (AvgIpc) is 3.15. The molecule has 0 saturated carbocycles. The van der Waals surface area contributed by atoms with Crippen molar-refractivity contribution in [3.8, 4) is 11.5 Å². The van der Waals surface area contributed by atoms with Crippen molar-refractivity contribution in [2.75, 3.05) is 13.1 Å². The summed E-state index contributed by atoms with van der Waals surface area (Å²) in [6.07, 6.45) is 3.90. The van der Waals surface area contributed by atoms with Gasteiger partial charge in [-0.05, 0) is 42.8 Å². The Kier molecular flexibility index (Phi) is 5.79. The normalized spacial score (nSPS) is 14.9. The first-order valence-corrected chi connectivity index (χ1v) is 10.1. The zero-order chi connectivity index (χ0) is 18.7. The molecule has 1 aliphatic rings. The zero-order valence-corrected chi connectivity index (χ0v) is 16.4. The predicted octanol–water partition coefficient (Wildman–Crippen LogP) is 2.95. The van der Waals surface area contributed by atoms with Gasteiger partial charge in [-0.2, -0.15) is 0 Å². The summed E-state index contributed by atoms with van der Waals surface area (Å²) >= 11 is 1.57. The number of fused-ring (bicyclic) bond motifs is 1. The third kappa shape index (κ3) is 3.69. The molecule has 0 aliphatic carbocycles. The fourth-order valence-corrected chi connectivity index (χ4v) is 4.21. The largest absolute Gasteiger partial charge is 0.872 e. The highest BCUT2D eigenvalue weighted by atomic mass is 32.1. The van der Waals surface area contributed by atoms with Gasteiger partial charge in [0.15, 0.2) is 5.76 Å². The number of carbonyl (C=O) groups is 1. The highest BCUT2D eigenvalue weighted by molar-refractivity contribution is 7.11. The Bertz CT molecular complexity index is 832. The molecule has 2 heterocycles. The van der Waals surface area contributed by atoms with Gasteiger partial charge in [0.2, 0.25) is 5.78 Å². The van der Waals surface area contributed by atoms with Crippen molar-refractivity contribution < 1.29 is 19.5 Å².